The Morgan fingerprint density at radius 3 is 2.38 bits per heavy atom. The lowest BCUT2D eigenvalue weighted by Gasteiger charge is -2.03. The fraction of sp³-hybridized carbons (Fsp3) is 0.167. The van der Waals surface area contributed by atoms with Crippen molar-refractivity contribution < 1.29 is 13.9 Å². The second-order valence-corrected chi connectivity index (χ2v) is 3.08. The Labute approximate surface area is 92.8 Å². The molecule has 0 unspecified atom stereocenters. The van der Waals surface area contributed by atoms with Crippen LogP contribution in [0.25, 0.3) is 0 Å². The van der Waals surface area contributed by atoms with Crippen molar-refractivity contribution in [1.82, 2.24) is 0 Å². The van der Waals surface area contributed by atoms with Crippen LogP contribution in [0.3, 0.4) is 0 Å². The van der Waals surface area contributed by atoms with Gasteiger partial charge in [0, 0.05) is 5.56 Å². The zero-order chi connectivity index (χ0) is 12.1. The van der Waals surface area contributed by atoms with E-state index < -0.39 is 11.6 Å². The van der Waals surface area contributed by atoms with Crippen molar-refractivity contribution in [1.29, 1.82) is 5.26 Å². The Hall–Kier alpha value is -2.15. The van der Waals surface area contributed by atoms with Crippen LogP contribution in [0.1, 0.15) is 17.3 Å². The Morgan fingerprint density at radius 2 is 1.94 bits per heavy atom. The van der Waals surface area contributed by atoms with Crippen LogP contribution in [0.5, 0.6) is 0 Å². The highest BCUT2D eigenvalue weighted by Crippen LogP contribution is 2.13. The molecule has 0 aromatic heterocycles. The first-order chi connectivity index (χ1) is 7.60. The smallest absolute Gasteiger partial charge is 0.206 e. The number of allylic oxidation sites excluding steroid dienone is 2. The van der Waals surface area contributed by atoms with Gasteiger partial charge < -0.3 is 4.74 Å². The van der Waals surface area contributed by atoms with E-state index in [2.05, 4.69) is 0 Å². The summed E-state index contributed by atoms with van der Waals surface area (Å²) in [6.45, 7) is 1.53. The summed E-state index contributed by atoms with van der Waals surface area (Å²) < 4.78 is 17.5. The van der Waals surface area contributed by atoms with Crippen LogP contribution in [-0.2, 0) is 4.74 Å². The van der Waals surface area contributed by atoms with Crippen LogP contribution < -0.4 is 0 Å². The molecule has 1 aromatic rings. The van der Waals surface area contributed by atoms with Crippen LogP contribution >= 0.6 is 0 Å². The van der Waals surface area contributed by atoms with Gasteiger partial charge in [0.25, 0.3) is 0 Å². The van der Waals surface area contributed by atoms with Gasteiger partial charge in [0.1, 0.15) is 23.2 Å². The predicted octanol–water partition coefficient (Wildman–Crippen LogP) is 2.45. The average Bonchev–Trinajstić information content (AvgIpc) is 2.30. The minimum atomic E-state index is -0.471. The van der Waals surface area contributed by atoms with E-state index in [9.17, 15) is 9.18 Å². The van der Waals surface area contributed by atoms with E-state index >= 15 is 0 Å². The third-order valence-corrected chi connectivity index (χ3v) is 2.10. The summed E-state index contributed by atoms with van der Waals surface area (Å²) in [4.78, 5) is 11.8. The van der Waals surface area contributed by atoms with Crippen molar-refractivity contribution in [3.63, 3.8) is 0 Å². The second-order valence-electron chi connectivity index (χ2n) is 3.08. The molecule has 0 N–H and O–H groups in total. The van der Waals surface area contributed by atoms with E-state index in [1.165, 1.54) is 38.3 Å². The molecule has 3 nitrogen and oxygen atoms in total. The van der Waals surface area contributed by atoms with Crippen LogP contribution in [0.4, 0.5) is 4.39 Å². The molecule has 0 heterocycles. The molecule has 82 valence electrons. The van der Waals surface area contributed by atoms with Crippen molar-refractivity contribution in [2.24, 2.45) is 0 Å². The second kappa shape index (κ2) is 5.08. The fourth-order valence-corrected chi connectivity index (χ4v) is 1.14. The minimum absolute atomic E-state index is 0.0749. The molecule has 0 aliphatic heterocycles. The summed E-state index contributed by atoms with van der Waals surface area (Å²) in [6.07, 6.45) is 0. The Kier molecular flexibility index (Phi) is 3.78. The minimum Gasteiger partial charge on any atom is -0.500 e. The quantitative estimate of drug-likeness (QED) is 0.339. The number of benzene rings is 1. The average molecular weight is 219 g/mol. The maximum atomic E-state index is 12.6. The van der Waals surface area contributed by atoms with Crippen LogP contribution in [0.2, 0.25) is 0 Å². The first-order valence-corrected chi connectivity index (χ1v) is 4.55. The standard InChI is InChI=1S/C12H10FNO2/c1-8(16-2)11(7-14)12(15)9-3-5-10(13)6-4-9/h3-6H,1-2H3. The lowest BCUT2D eigenvalue weighted by Crippen LogP contribution is -2.05. The summed E-state index contributed by atoms with van der Waals surface area (Å²) in [5.74, 6) is -0.652. The number of carbonyl (C=O) groups excluding carboxylic acids is 1. The topological polar surface area (TPSA) is 50.1 Å². The zero-order valence-corrected chi connectivity index (χ0v) is 8.95. The van der Waals surface area contributed by atoms with Gasteiger partial charge >= 0.3 is 0 Å². The molecular formula is C12H10FNO2. The largest absolute Gasteiger partial charge is 0.500 e. The number of halogens is 1. The van der Waals surface area contributed by atoms with Crippen LogP contribution in [0, 0.1) is 17.1 Å². The van der Waals surface area contributed by atoms with Crippen molar-refractivity contribution in [2.75, 3.05) is 7.11 Å². The summed E-state index contributed by atoms with van der Waals surface area (Å²) >= 11 is 0. The molecule has 0 bridgehead atoms. The van der Waals surface area contributed by atoms with E-state index in [0.29, 0.717) is 0 Å². The van der Waals surface area contributed by atoms with Gasteiger partial charge in [0.15, 0.2) is 0 Å². The molecule has 0 atom stereocenters. The maximum Gasteiger partial charge on any atom is 0.206 e. The highest BCUT2D eigenvalue weighted by molar-refractivity contribution is 6.11. The number of ketones is 1. The molecule has 0 saturated heterocycles. The summed E-state index contributed by atoms with van der Waals surface area (Å²) in [5, 5.41) is 8.83. The van der Waals surface area contributed by atoms with Gasteiger partial charge in [-0.05, 0) is 31.2 Å². The lowest BCUT2D eigenvalue weighted by atomic mass is 10.0. The van der Waals surface area contributed by atoms with Gasteiger partial charge in [-0.25, -0.2) is 4.39 Å². The SMILES string of the molecule is COC(C)=C(C#N)C(=O)c1ccc(F)cc1. The number of rotatable bonds is 3. The van der Waals surface area contributed by atoms with Crippen LogP contribution in [-0.4, -0.2) is 12.9 Å². The normalized spacial score (nSPS) is 11.4. The van der Waals surface area contributed by atoms with E-state index in [4.69, 9.17) is 10.00 Å². The molecule has 16 heavy (non-hydrogen) atoms. The van der Waals surface area contributed by atoms with Crippen molar-refractivity contribution in [3.8, 4) is 6.07 Å². The molecule has 0 radical (unpaired) electrons. The van der Waals surface area contributed by atoms with Crippen LogP contribution in [0.15, 0.2) is 35.6 Å². The molecule has 1 rings (SSSR count). The van der Waals surface area contributed by atoms with Crippen molar-refractivity contribution >= 4 is 5.78 Å². The Morgan fingerprint density at radius 1 is 1.38 bits per heavy atom. The maximum absolute atomic E-state index is 12.6. The molecular weight excluding hydrogens is 209 g/mol. The lowest BCUT2D eigenvalue weighted by molar-refractivity contribution is 0.103. The first kappa shape index (κ1) is 11.9. The molecule has 1 aromatic carbocycles. The molecule has 0 spiro atoms. The highest BCUT2D eigenvalue weighted by atomic mass is 19.1. The van der Waals surface area contributed by atoms with Gasteiger partial charge in [0.05, 0.1) is 7.11 Å². The first-order valence-electron chi connectivity index (χ1n) is 4.55. The molecule has 0 amide bonds. The fourth-order valence-electron chi connectivity index (χ4n) is 1.14. The number of nitrogens with zero attached hydrogens (tertiary/aromatic N) is 1. The molecule has 0 aliphatic rings. The third-order valence-electron chi connectivity index (χ3n) is 2.10. The number of methoxy groups -OCH3 is 1. The zero-order valence-electron chi connectivity index (χ0n) is 8.95. The van der Waals surface area contributed by atoms with E-state index in [0.717, 1.165) is 0 Å². The van der Waals surface area contributed by atoms with Gasteiger partial charge in [-0.15, -0.1) is 0 Å². The molecule has 0 fully saturated rings. The van der Waals surface area contributed by atoms with E-state index in [-0.39, 0.29) is 16.9 Å². The number of hydrogen-bond acceptors (Lipinski definition) is 3. The monoisotopic (exact) mass is 219 g/mol. The van der Waals surface area contributed by atoms with Gasteiger partial charge in [-0.2, -0.15) is 5.26 Å². The van der Waals surface area contributed by atoms with Gasteiger partial charge in [-0.1, -0.05) is 0 Å². The van der Waals surface area contributed by atoms with E-state index in [1.807, 2.05) is 0 Å². The summed E-state index contributed by atoms with van der Waals surface area (Å²) in [5.41, 5.74) is 0.184. The number of Topliss-reactive ketones (excluding diaryl/α,β-unsaturated/α-hetero) is 1. The number of carbonyl (C=O) groups is 1. The van der Waals surface area contributed by atoms with Gasteiger partial charge in [-0.3, -0.25) is 4.79 Å². The van der Waals surface area contributed by atoms with Crippen molar-refractivity contribution in [2.45, 2.75) is 6.92 Å². The Balaban J connectivity index is 3.12. The molecule has 0 aliphatic carbocycles. The molecule has 4 heteroatoms. The number of nitriles is 1. The van der Waals surface area contributed by atoms with E-state index in [1.54, 1.807) is 6.07 Å². The third kappa shape index (κ3) is 2.45. The highest BCUT2D eigenvalue weighted by Gasteiger charge is 2.15. The number of ether oxygens (including phenoxy) is 1. The summed E-state index contributed by atoms with van der Waals surface area (Å²) in [7, 11) is 1.38. The Bertz CT molecular complexity index is 469. The van der Waals surface area contributed by atoms with Gasteiger partial charge in [0.2, 0.25) is 5.78 Å². The number of hydrogen-bond donors (Lipinski definition) is 0. The van der Waals surface area contributed by atoms with Crippen molar-refractivity contribution in [3.05, 3.63) is 47.0 Å². The molecule has 0 saturated carbocycles. The summed E-state index contributed by atoms with van der Waals surface area (Å²) in [6, 6.07) is 6.78. The predicted molar refractivity (Wildman–Crippen MR) is 56.1 cm³/mol.